The Bertz CT molecular complexity index is 275. The summed E-state index contributed by atoms with van der Waals surface area (Å²) in [6.45, 7) is 3.64. The van der Waals surface area contributed by atoms with Crippen LogP contribution in [0.1, 0.15) is 26.7 Å². The maximum Gasteiger partial charge on any atom is 0.326 e. The lowest BCUT2D eigenvalue weighted by Crippen LogP contribution is -2.47. The average molecular weight is 229 g/mol. The van der Waals surface area contributed by atoms with Gasteiger partial charge in [-0.05, 0) is 19.8 Å². The van der Waals surface area contributed by atoms with Gasteiger partial charge in [0.15, 0.2) is 0 Å². The zero-order valence-electron chi connectivity index (χ0n) is 9.97. The molecule has 2 atom stereocenters. The zero-order valence-corrected chi connectivity index (χ0v) is 9.97. The molecule has 1 saturated carbocycles. The molecular formula is C11H19NO4. The Kier molecular flexibility index (Phi) is 4.29. The van der Waals surface area contributed by atoms with Crippen LogP contribution in [-0.2, 0) is 14.3 Å². The minimum Gasteiger partial charge on any atom is -0.480 e. The van der Waals surface area contributed by atoms with Crippen LogP contribution < -0.4 is 0 Å². The van der Waals surface area contributed by atoms with Crippen molar-refractivity contribution in [3.8, 4) is 0 Å². The van der Waals surface area contributed by atoms with E-state index in [9.17, 15) is 9.59 Å². The molecule has 1 N–H and O–H groups in total. The van der Waals surface area contributed by atoms with E-state index in [4.69, 9.17) is 9.84 Å². The number of carbonyl (C=O) groups excluding carboxylic acids is 1. The lowest BCUT2D eigenvalue weighted by molar-refractivity contribution is -0.152. The second-order valence-electron chi connectivity index (χ2n) is 4.35. The molecule has 0 saturated heterocycles. The van der Waals surface area contributed by atoms with E-state index < -0.39 is 12.0 Å². The molecule has 5 heteroatoms. The van der Waals surface area contributed by atoms with Gasteiger partial charge in [-0.3, -0.25) is 4.79 Å². The quantitative estimate of drug-likeness (QED) is 0.729. The van der Waals surface area contributed by atoms with Gasteiger partial charge < -0.3 is 14.7 Å². The van der Waals surface area contributed by atoms with Gasteiger partial charge in [-0.1, -0.05) is 6.92 Å². The van der Waals surface area contributed by atoms with Crippen LogP contribution in [0.5, 0.6) is 0 Å². The number of hydrogen-bond acceptors (Lipinski definition) is 3. The number of nitrogens with zero attached hydrogens (tertiary/aromatic N) is 1. The van der Waals surface area contributed by atoms with E-state index in [2.05, 4.69) is 0 Å². The Hall–Kier alpha value is -1.10. The summed E-state index contributed by atoms with van der Waals surface area (Å²) in [5.41, 5.74) is 0. The van der Waals surface area contributed by atoms with Crippen molar-refractivity contribution in [2.24, 2.45) is 5.92 Å². The standard InChI is InChI=1S/C11H19NO4/c1-7(6-16-3)10(13)12(9-4-5-9)8(2)11(14)15/h7-9H,4-6H2,1-3H3,(H,14,15). The number of carbonyl (C=O) groups is 2. The van der Waals surface area contributed by atoms with Gasteiger partial charge in [-0.25, -0.2) is 4.79 Å². The van der Waals surface area contributed by atoms with E-state index in [-0.39, 0.29) is 17.9 Å². The SMILES string of the molecule is COCC(C)C(=O)N(C1CC1)C(C)C(=O)O. The molecule has 1 fully saturated rings. The molecule has 5 nitrogen and oxygen atoms in total. The van der Waals surface area contributed by atoms with Gasteiger partial charge in [-0.2, -0.15) is 0 Å². The Balaban J connectivity index is 2.69. The minimum absolute atomic E-state index is 0.109. The highest BCUT2D eigenvalue weighted by atomic mass is 16.5. The molecule has 1 aliphatic rings. The van der Waals surface area contributed by atoms with Gasteiger partial charge in [0.1, 0.15) is 6.04 Å². The summed E-state index contributed by atoms with van der Waals surface area (Å²) >= 11 is 0. The molecule has 92 valence electrons. The number of ether oxygens (including phenoxy) is 1. The van der Waals surface area contributed by atoms with Gasteiger partial charge >= 0.3 is 5.97 Å². The predicted molar refractivity (Wildman–Crippen MR) is 58.0 cm³/mol. The molecule has 0 aliphatic heterocycles. The number of carboxylic acid groups (broad SMARTS) is 1. The van der Waals surface area contributed by atoms with Gasteiger partial charge in [-0.15, -0.1) is 0 Å². The molecule has 0 aromatic rings. The van der Waals surface area contributed by atoms with E-state index in [1.54, 1.807) is 13.8 Å². The van der Waals surface area contributed by atoms with Crippen LogP contribution in [0.25, 0.3) is 0 Å². The smallest absolute Gasteiger partial charge is 0.326 e. The molecule has 0 aromatic carbocycles. The molecule has 0 radical (unpaired) electrons. The first-order valence-electron chi connectivity index (χ1n) is 5.53. The highest BCUT2D eigenvalue weighted by molar-refractivity contribution is 5.85. The van der Waals surface area contributed by atoms with Crippen molar-refractivity contribution >= 4 is 11.9 Å². The number of aliphatic carboxylic acids is 1. The lowest BCUT2D eigenvalue weighted by atomic mass is 10.1. The molecular weight excluding hydrogens is 210 g/mol. The first kappa shape index (κ1) is 13.0. The average Bonchev–Trinajstić information content (AvgIpc) is 3.02. The number of methoxy groups -OCH3 is 1. The maximum absolute atomic E-state index is 12.0. The molecule has 0 spiro atoms. The normalized spacial score (nSPS) is 18.9. The number of hydrogen-bond donors (Lipinski definition) is 1. The molecule has 2 unspecified atom stereocenters. The van der Waals surface area contributed by atoms with Crippen LogP contribution >= 0.6 is 0 Å². The third-order valence-corrected chi connectivity index (χ3v) is 2.81. The Morgan fingerprint density at radius 2 is 2.00 bits per heavy atom. The minimum atomic E-state index is -0.954. The lowest BCUT2D eigenvalue weighted by Gasteiger charge is -2.29. The van der Waals surface area contributed by atoms with Crippen molar-refractivity contribution < 1.29 is 19.4 Å². The summed E-state index contributed by atoms with van der Waals surface area (Å²) in [7, 11) is 1.53. The third kappa shape index (κ3) is 2.95. The molecule has 1 rings (SSSR count). The van der Waals surface area contributed by atoms with Gasteiger partial charge in [0, 0.05) is 13.2 Å². The fourth-order valence-corrected chi connectivity index (χ4v) is 1.73. The van der Waals surface area contributed by atoms with Crippen LogP contribution in [0.2, 0.25) is 0 Å². The van der Waals surface area contributed by atoms with Crippen LogP contribution in [-0.4, -0.2) is 47.7 Å². The first-order valence-corrected chi connectivity index (χ1v) is 5.53. The summed E-state index contributed by atoms with van der Waals surface area (Å²) in [6, 6.07) is -0.641. The van der Waals surface area contributed by atoms with Crippen LogP contribution in [0.15, 0.2) is 0 Å². The zero-order chi connectivity index (χ0) is 12.3. The Morgan fingerprint density at radius 1 is 1.44 bits per heavy atom. The Labute approximate surface area is 95.4 Å². The third-order valence-electron chi connectivity index (χ3n) is 2.81. The predicted octanol–water partition coefficient (Wildman–Crippen LogP) is 0.733. The van der Waals surface area contributed by atoms with Crippen LogP contribution in [0.4, 0.5) is 0 Å². The monoisotopic (exact) mass is 229 g/mol. The van der Waals surface area contributed by atoms with Crippen molar-refractivity contribution in [3.05, 3.63) is 0 Å². The topological polar surface area (TPSA) is 66.8 Å². The molecule has 0 bridgehead atoms. The van der Waals surface area contributed by atoms with E-state index >= 15 is 0 Å². The van der Waals surface area contributed by atoms with Crippen molar-refractivity contribution in [3.63, 3.8) is 0 Å². The molecule has 1 amide bonds. The highest BCUT2D eigenvalue weighted by Crippen LogP contribution is 2.30. The second-order valence-corrected chi connectivity index (χ2v) is 4.35. The number of amides is 1. The molecule has 16 heavy (non-hydrogen) atoms. The molecule has 1 aliphatic carbocycles. The summed E-state index contributed by atoms with van der Waals surface area (Å²) in [4.78, 5) is 24.5. The van der Waals surface area contributed by atoms with Crippen molar-refractivity contribution in [1.82, 2.24) is 4.90 Å². The van der Waals surface area contributed by atoms with E-state index in [0.29, 0.717) is 6.61 Å². The van der Waals surface area contributed by atoms with Crippen LogP contribution in [0, 0.1) is 5.92 Å². The number of rotatable bonds is 6. The molecule has 0 heterocycles. The summed E-state index contributed by atoms with van der Waals surface area (Å²) in [6.07, 6.45) is 1.81. The largest absolute Gasteiger partial charge is 0.480 e. The van der Waals surface area contributed by atoms with Crippen molar-refractivity contribution in [2.75, 3.05) is 13.7 Å². The number of carboxylic acids is 1. The van der Waals surface area contributed by atoms with Crippen molar-refractivity contribution in [2.45, 2.75) is 38.8 Å². The van der Waals surface area contributed by atoms with Gasteiger partial charge in [0.05, 0.1) is 12.5 Å². The van der Waals surface area contributed by atoms with E-state index in [1.165, 1.54) is 12.0 Å². The second kappa shape index (κ2) is 5.30. The van der Waals surface area contributed by atoms with Crippen molar-refractivity contribution in [1.29, 1.82) is 0 Å². The fraction of sp³-hybridized carbons (Fsp3) is 0.818. The summed E-state index contributed by atoms with van der Waals surface area (Å²) in [5, 5.41) is 8.96. The van der Waals surface area contributed by atoms with E-state index in [0.717, 1.165) is 12.8 Å². The highest BCUT2D eigenvalue weighted by Gasteiger charge is 2.39. The summed E-state index contributed by atoms with van der Waals surface area (Å²) in [5.74, 6) is -1.36. The van der Waals surface area contributed by atoms with E-state index in [1.807, 2.05) is 0 Å². The summed E-state index contributed by atoms with van der Waals surface area (Å²) < 4.78 is 4.92. The fourth-order valence-electron chi connectivity index (χ4n) is 1.73. The van der Waals surface area contributed by atoms with Gasteiger partial charge in [0.25, 0.3) is 0 Å². The van der Waals surface area contributed by atoms with Crippen LogP contribution in [0.3, 0.4) is 0 Å². The maximum atomic E-state index is 12.0. The first-order chi connectivity index (χ1) is 7.49. The van der Waals surface area contributed by atoms with Gasteiger partial charge in [0.2, 0.25) is 5.91 Å². The molecule has 0 aromatic heterocycles. The Morgan fingerprint density at radius 3 is 2.38 bits per heavy atom.